The van der Waals surface area contributed by atoms with Gasteiger partial charge in [-0.05, 0) is 23.8 Å². The minimum atomic E-state index is 0.828. The molecule has 3 nitrogen and oxygen atoms in total. The minimum absolute atomic E-state index is 0.828. The monoisotopic (exact) mass is 252 g/mol. The summed E-state index contributed by atoms with van der Waals surface area (Å²) in [5.74, 6) is 1.02. The SMILES string of the molecule is c1coc(CCNCc2cccc3cccnc23)c1. The first-order valence-corrected chi connectivity index (χ1v) is 6.49. The second-order valence-corrected chi connectivity index (χ2v) is 4.50. The fraction of sp³-hybridized carbons (Fsp3) is 0.188. The molecule has 96 valence electrons. The zero-order valence-corrected chi connectivity index (χ0v) is 10.7. The molecule has 0 fully saturated rings. The van der Waals surface area contributed by atoms with Gasteiger partial charge in [-0.3, -0.25) is 4.98 Å². The summed E-state index contributed by atoms with van der Waals surface area (Å²) >= 11 is 0. The van der Waals surface area contributed by atoms with Crippen LogP contribution in [0.25, 0.3) is 10.9 Å². The van der Waals surface area contributed by atoms with E-state index in [1.54, 1.807) is 6.26 Å². The molecular formula is C16H16N2O. The van der Waals surface area contributed by atoms with Gasteiger partial charge in [-0.1, -0.05) is 24.3 Å². The Kier molecular flexibility index (Phi) is 3.56. The fourth-order valence-corrected chi connectivity index (χ4v) is 2.20. The highest BCUT2D eigenvalue weighted by Crippen LogP contribution is 2.15. The Labute approximate surface area is 112 Å². The molecule has 2 aromatic heterocycles. The Balaban J connectivity index is 1.62. The van der Waals surface area contributed by atoms with Crippen molar-refractivity contribution in [2.24, 2.45) is 0 Å². The maximum absolute atomic E-state index is 5.30. The topological polar surface area (TPSA) is 38.1 Å². The lowest BCUT2D eigenvalue weighted by atomic mass is 10.1. The predicted molar refractivity (Wildman–Crippen MR) is 75.9 cm³/mol. The molecule has 0 atom stereocenters. The van der Waals surface area contributed by atoms with E-state index in [1.807, 2.05) is 24.4 Å². The number of aromatic nitrogens is 1. The highest BCUT2D eigenvalue weighted by Gasteiger charge is 2.01. The van der Waals surface area contributed by atoms with Crippen molar-refractivity contribution in [2.75, 3.05) is 6.54 Å². The van der Waals surface area contributed by atoms with Crippen molar-refractivity contribution in [1.29, 1.82) is 0 Å². The largest absolute Gasteiger partial charge is 0.469 e. The first-order chi connectivity index (χ1) is 9.43. The van der Waals surface area contributed by atoms with Crippen LogP contribution < -0.4 is 5.32 Å². The van der Waals surface area contributed by atoms with Crippen molar-refractivity contribution >= 4 is 10.9 Å². The molecule has 1 N–H and O–H groups in total. The lowest BCUT2D eigenvalue weighted by molar-refractivity contribution is 0.499. The van der Waals surface area contributed by atoms with Gasteiger partial charge in [0, 0.05) is 31.1 Å². The van der Waals surface area contributed by atoms with Gasteiger partial charge in [0.1, 0.15) is 5.76 Å². The molecule has 3 aromatic rings. The van der Waals surface area contributed by atoms with Crippen molar-refractivity contribution in [1.82, 2.24) is 10.3 Å². The van der Waals surface area contributed by atoms with Crippen LogP contribution in [0.3, 0.4) is 0 Å². The van der Waals surface area contributed by atoms with Crippen molar-refractivity contribution in [2.45, 2.75) is 13.0 Å². The number of nitrogens with zero attached hydrogens (tertiary/aromatic N) is 1. The molecule has 0 aliphatic rings. The van der Waals surface area contributed by atoms with E-state index in [4.69, 9.17) is 4.42 Å². The Morgan fingerprint density at radius 2 is 2.00 bits per heavy atom. The van der Waals surface area contributed by atoms with Gasteiger partial charge in [-0.25, -0.2) is 0 Å². The number of fused-ring (bicyclic) bond motifs is 1. The average molecular weight is 252 g/mol. The molecular weight excluding hydrogens is 236 g/mol. The van der Waals surface area contributed by atoms with E-state index >= 15 is 0 Å². The van der Waals surface area contributed by atoms with Crippen LogP contribution in [0.1, 0.15) is 11.3 Å². The fourth-order valence-electron chi connectivity index (χ4n) is 2.20. The number of rotatable bonds is 5. The number of hydrogen-bond donors (Lipinski definition) is 1. The van der Waals surface area contributed by atoms with Gasteiger partial charge in [0.25, 0.3) is 0 Å². The maximum Gasteiger partial charge on any atom is 0.105 e. The zero-order chi connectivity index (χ0) is 12.9. The number of hydrogen-bond acceptors (Lipinski definition) is 3. The molecule has 3 rings (SSSR count). The molecule has 0 spiro atoms. The van der Waals surface area contributed by atoms with E-state index in [2.05, 4.69) is 34.6 Å². The van der Waals surface area contributed by atoms with Crippen molar-refractivity contribution in [3.63, 3.8) is 0 Å². The molecule has 0 unspecified atom stereocenters. The van der Waals surface area contributed by atoms with Crippen LogP contribution in [0.4, 0.5) is 0 Å². The third-order valence-corrected chi connectivity index (χ3v) is 3.16. The molecule has 0 aliphatic carbocycles. The van der Waals surface area contributed by atoms with E-state index in [9.17, 15) is 0 Å². The summed E-state index contributed by atoms with van der Waals surface area (Å²) in [6.45, 7) is 1.73. The summed E-state index contributed by atoms with van der Waals surface area (Å²) in [5.41, 5.74) is 2.31. The van der Waals surface area contributed by atoms with E-state index in [-0.39, 0.29) is 0 Å². The standard InChI is InChI=1S/C16H16N2O/c1-4-13-6-2-9-18-16(13)14(5-1)12-17-10-8-15-7-3-11-19-15/h1-7,9,11,17H,8,10,12H2. The van der Waals surface area contributed by atoms with Gasteiger partial charge in [-0.15, -0.1) is 0 Å². The number of benzene rings is 1. The molecule has 0 saturated heterocycles. The highest BCUT2D eigenvalue weighted by atomic mass is 16.3. The highest BCUT2D eigenvalue weighted by molar-refractivity contribution is 5.81. The van der Waals surface area contributed by atoms with Gasteiger partial charge in [0.05, 0.1) is 11.8 Å². The third-order valence-electron chi connectivity index (χ3n) is 3.16. The quantitative estimate of drug-likeness (QED) is 0.709. The number of nitrogens with one attached hydrogen (secondary N) is 1. The van der Waals surface area contributed by atoms with E-state index < -0.39 is 0 Å². The molecule has 2 heterocycles. The van der Waals surface area contributed by atoms with Crippen molar-refractivity contribution < 1.29 is 4.42 Å². The first-order valence-electron chi connectivity index (χ1n) is 6.49. The molecule has 0 aliphatic heterocycles. The first kappa shape index (κ1) is 11.9. The number of para-hydroxylation sites is 1. The Morgan fingerprint density at radius 3 is 2.89 bits per heavy atom. The van der Waals surface area contributed by atoms with Crippen LogP contribution in [0.2, 0.25) is 0 Å². The lowest BCUT2D eigenvalue weighted by Gasteiger charge is -2.06. The van der Waals surface area contributed by atoms with Gasteiger partial charge >= 0.3 is 0 Å². The van der Waals surface area contributed by atoms with Crippen molar-refractivity contribution in [3.8, 4) is 0 Å². The molecule has 0 amide bonds. The number of pyridine rings is 1. The van der Waals surface area contributed by atoms with E-state index in [1.165, 1.54) is 10.9 Å². The van der Waals surface area contributed by atoms with Crippen LogP contribution in [-0.4, -0.2) is 11.5 Å². The molecule has 0 bridgehead atoms. The summed E-state index contributed by atoms with van der Waals surface area (Å²) in [7, 11) is 0. The number of furan rings is 1. The summed E-state index contributed by atoms with van der Waals surface area (Å²) in [6, 6.07) is 14.3. The van der Waals surface area contributed by atoms with E-state index in [0.29, 0.717) is 0 Å². The van der Waals surface area contributed by atoms with Crippen LogP contribution in [0, 0.1) is 0 Å². The van der Waals surface area contributed by atoms with Crippen LogP contribution in [-0.2, 0) is 13.0 Å². The molecule has 0 saturated carbocycles. The molecule has 1 aromatic carbocycles. The molecule has 3 heteroatoms. The second-order valence-electron chi connectivity index (χ2n) is 4.50. The van der Waals surface area contributed by atoms with Crippen LogP contribution >= 0.6 is 0 Å². The Hall–Kier alpha value is -2.13. The third kappa shape index (κ3) is 2.83. The van der Waals surface area contributed by atoms with Crippen LogP contribution in [0.5, 0.6) is 0 Å². The normalized spacial score (nSPS) is 10.9. The minimum Gasteiger partial charge on any atom is -0.469 e. The lowest BCUT2D eigenvalue weighted by Crippen LogP contribution is -2.16. The summed E-state index contributed by atoms with van der Waals surface area (Å²) < 4.78 is 5.30. The van der Waals surface area contributed by atoms with Gasteiger partial charge in [0.2, 0.25) is 0 Å². The zero-order valence-electron chi connectivity index (χ0n) is 10.7. The Bertz CT molecular complexity index is 641. The summed E-state index contributed by atoms with van der Waals surface area (Å²) in [6.07, 6.45) is 4.46. The van der Waals surface area contributed by atoms with Gasteiger partial charge in [-0.2, -0.15) is 0 Å². The van der Waals surface area contributed by atoms with Crippen molar-refractivity contribution in [3.05, 3.63) is 66.2 Å². The van der Waals surface area contributed by atoms with Crippen LogP contribution in [0.15, 0.2) is 59.3 Å². The van der Waals surface area contributed by atoms with E-state index in [0.717, 1.165) is 30.8 Å². The summed E-state index contributed by atoms with van der Waals surface area (Å²) in [5, 5.41) is 4.62. The molecule has 19 heavy (non-hydrogen) atoms. The second kappa shape index (κ2) is 5.67. The summed E-state index contributed by atoms with van der Waals surface area (Å²) in [4.78, 5) is 4.45. The predicted octanol–water partition coefficient (Wildman–Crippen LogP) is 3.16. The van der Waals surface area contributed by atoms with Gasteiger partial charge < -0.3 is 9.73 Å². The smallest absolute Gasteiger partial charge is 0.105 e. The molecule has 0 radical (unpaired) electrons. The van der Waals surface area contributed by atoms with Gasteiger partial charge in [0.15, 0.2) is 0 Å². The Morgan fingerprint density at radius 1 is 1.05 bits per heavy atom. The maximum atomic E-state index is 5.30. The average Bonchev–Trinajstić information content (AvgIpc) is 2.97.